The van der Waals surface area contributed by atoms with E-state index in [0.29, 0.717) is 24.3 Å². The van der Waals surface area contributed by atoms with E-state index in [1.54, 1.807) is 35.2 Å². The average Bonchev–Trinajstić information content (AvgIpc) is 3.33. The zero-order valence-corrected chi connectivity index (χ0v) is 21.7. The highest BCUT2D eigenvalue weighted by Crippen LogP contribution is 2.23. The van der Waals surface area contributed by atoms with Gasteiger partial charge in [-0.15, -0.1) is 0 Å². The third kappa shape index (κ3) is 4.72. The normalized spacial score (nSPS) is 13.8. The van der Waals surface area contributed by atoms with E-state index in [-0.39, 0.29) is 29.5 Å². The van der Waals surface area contributed by atoms with Crippen molar-refractivity contribution in [1.82, 2.24) is 34.7 Å². The first-order valence-electron chi connectivity index (χ1n) is 12.6. The molecule has 0 spiro atoms. The largest absolute Gasteiger partial charge is 0.503 e. The molecule has 0 saturated carbocycles. The van der Waals surface area contributed by atoms with Crippen LogP contribution in [0, 0.1) is 0 Å². The molecule has 13 heteroatoms. The van der Waals surface area contributed by atoms with Gasteiger partial charge in [-0.1, -0.05) is 30.3 Å². The fourth-order valence-corrected chi connectivity index (χ4v) is 4.79. The van der Waals surface area contributed by atoms with Crippen molar-refractivity contribution in [1.29, 1.82) is 0 Å². The molecule has 3 amide bonds. The Morgan fingerprint density at radius 1 is 1.07 bits per heavy atom. The summed E-state index contributed by atoms with van der Waals surface area (Å²) in [5.74, 6) is -2.31. The van der Waals surface area contributed by atoms with Crippen LogP contribution in [0.3, 0.4) is 0 Å². The molecule has 0 bridgehead atoms. The van der Waals surface area contributed by atoms with Crippen LogP contribution < -0.4 is 21.8 Å². The minimum Gasteiger partial charge on any atom is -0.503 e. The summed E-state index contributed by atoms with van der Waals surface area (Å²) in [6.07, 6.45) is 1.46. The van der Waals surface area contributed by atoms with E-state index in [4.69, 9.17) is 0 Å². The van der Waals surface area contributed by atoms with Gasteiger partial charge in [-0.3, -0.25) is 19.2 Å². The summed E-state index contributed by atoms with van der Waals surface area (Å²) in [4.78, 5) is 65.7. The van der Waals surface area contributed by atoms with E-state index >= 15 is 0 Å². The molecule has 0 saturated heterocycles. The van der Waals surface area contributed by atoms with E-state index < -0.39 is 40.6 Å². The average molecular weight is 546 g/mol. The first-order chi connectivity index (χ1) is 19.2. The number of aromatic amines is 1. The Kier molecular flexibility index (Phi) is 6.94. The van der Waals surface area contributed by atoms with Crippen molar-refractivity contribution < 1.29 is 19.5 Å². The van der Waals surface area contributed by atoms with Gasteiger partial charge in [-0.05, 0) is 31.5 Å². The minimum atomic E-state index is -1.14. The third-order valence-electron chi connectivity index (χ3n) is 6.83. The quantitative estimate of drug-likeness (QED) is 0.263. The Bertz CT molecular complexity index is 1740. The molecule has 4 aromatic rings. The van der Waals surface area contributed by atoms with Crippen LogP contribution >= 0.6 is 0 Å². The van der Waals surface area contributed by atoms with Gasteiger partial charge in [0.15, 0.2) is 17.1 Å². The van der Waals surface area contributed by atoms with Gasteiger partial charge < -0.3 is 25.2 Å². The van der Waals surface area contributed by atoms with Crippen molar-refractivity contribution in [2.45, 2.75) is 39.0 Å². The smallest absolute Gasteiger partial charge is 0.347 e. The zero-order chi connectivity index (χ0) is 28.6. The highest BCUT2D eigenvalue weighted by atomic mass is 16.3. The maximum Gasteiger partial charge on any atom is 0.347 e. The summed E-state index contributed by atoms with van der Waals surface area (Å²) in [5, 5.41) is 22.0. The van der Waals surface area contributed by atoms with E-state index in [0.717, 1.165) is 0 Å². The maximum atomic E-state index is 13.5. The van der Waals surface area contributed by atoms with Crippen molar-refractivity contribution in [2.75, 3.05) is 6.54 Å². The number of hydrogen-bond donors (Lipinski definition) is 4. The fraction of sp³-hybridized carbons (Fsp3) is 0.259. The van der Waals surface area contributed by atoms with Crippen molar-refractivity contribution in [2.24, 2.45) is 0 Å². The second-order valence-electron chi connectivity index (χ2n) is 9.62. The van der Waals surface area contributed by atoms with Crippen LogP contribution in [0.4, 0.5) is 0 Å². The number of nitrogens with one attached hydrogen (secondary N) is 3. The van der Waals surface area contributed by atoms with Gasteiger partial charge in [-0.25, -0.2) is 14.3 Å². The van der Waals surface area contributed by atoms with E-state index in [9.17, 15) is 29.1 Å². The molecule has 1 aromatic carbocycles. The van der Waals surface area contributed by atoms with Crippen LogP contribution in [-0.4, -0.2) is 59.5 Å². The number of carbonyl (C=O) groups is 3. The van der Waals surface area contributed by atoms with Crippen molar-refractivity contribution in [3.8, 4) is 5.75 Å². The topological polar surface area (TPSA) is 171 Å². The fourth-order valence-electron chi connectivity index (χ4n) is 4.79. The van der Waals surface area contributed by atoms with Crippen LogP contribution in [0.25, 0.3) is 5.65 Å². The molecular weight excluding hydrogens is 518 g/mol. The van der Waals surface area contributed by atoms with Crippen LogP contribution in [0.1, 0.15) is 52.0 Å². The number of fused-ring (bicyclic) bond motifs is 2. The number of hydrogen-bond acceptors (Lipinski definition) is 7. The van der Waals surface area contributed by atoms with Gasteiger partial charge in [0.1, 0.15) is 6.04 Å². The second-order valence-corrected chi connectivity index (χ2v) is 9.62. The first kappa shape index (κ1) is 26.4. The molecule has 1 aliphatic rings. The predicted octanol–water partition coefficient (Wildman–Crippen LogP) is 0.542. The van der Waals surface area contributed by atoms with Gasteiger partial charge >= 0.3 is 5.69 Å². The SMILES string of the molecule is CC(C)N1CCn2c(CNC(=O)[C@H](NC(=O)c3cccn4c(=O)[nH]nc34)c3ccccc3)cc(=O)c(O)c2C1=O. The van der Waals surface area contributed by atoms with E-state index in [1.165, 1.54) is 33.4 Å². The molecule has 4 heterocycles. The Hall–Kier alpha value is -5.20. The monoisotopic (exact) mass is 545 g/mol. The molecule has 1 aliphatic heterocycles. The van der Waals surface area contributed by atoms with E-state index in [2.05, 4.69) is 20.8 Å². The number of H-pyrrole nitrogens is 1. The summed E-state index contributed by atoms with van der Waals surface area (Å²) in [6.45, 7) is 4.24. The number of aromatic nitrogens is 4. The minimum absolute atomic E-state index is 0.0851. The molecule has 40 heavy (non-hydrogen) atoms. The highest BCUT2D eigenvalue weighted by Gasteiger charge is 2.32. The standard InChI is InChI=1S/C27H27N7O6/c1-15(2)32-11-12-33-17(13-19(35)22(36)21(33)26(32)39)14-28-25(38)20(16-7-4-3-5-8-16)29-24(37)18-9-6-10-34-23(18)30-31-27(34)40/h3-10,13,15,20,36H,11-12,14H2,1-2H3,(H,28,38)(H,29,37)(H,31,40)/t20-/m1/s1. The zero-order valence-electron chi connectivity index (χ0n) is 21.7. The molecule has 5 rings (SSSR count). The Morgan fingerprint density at radius 2 is 1.82 bits per heavy atom. The molecule has 0 unspecified atom stereocenters. The number of carbonyl (C=O) groups excluding carboxylic acids is 3. The highest BCUT2D eigenvalue weighted by molar-refractivity contribution is 6.02. The lowest BCUT2D eigenvalue weighted by molar-refractivity contribution is -0.123. The predicted molar refractivity (Wildman–Crippen MR) is 143 cm³/mol. The molecule has 0 fully saturated rings. The third-order valence-corrected chi connectivity index (χ3v) is 6.83. The lowest BCUT2D eigenvalue weighted by atomic mass is 10.1. The van der Waals surface area contributed by atoms with Crippen molar-refractivity contribution in [3.05, 3.63) is 98.0 Å². The van der Waals surface area contributed by atoms with Gasteiger partial charge in [0.2, 0.25) is 11.3 Å². The maximum absolute atomic E-state index is 13.5. The van der Waals surface area contributed by atoms with Crippen LogP contribution in [0.2, 0.25) is 0 Å². The van der Waals surface area contributed by atoms with Crippen molar-refractivity contribution >= 4 is 23.4 Å². The number of aromatic hydroxyl groups is 1. The summed E-state index contributed by atoms with van der Waals surface area (Å²) >= 11 is 0. The lowest BCUT2D eigenvalue weighted by Crippen LogP contribution is -2.46. The molecule has 4 N–H and O–H groups in total. The number of benzene rings is 1. The summed E-state index contributed by atoms with van der Waals surface area (Å²) in [5.41, 5.74) is -0.343. The Labute approximate surface area is 227 Å². The lowest BCUT2D eigenvalue weighted by Gasteiger charge is -2.34. The number of nitrogens with zero attached hydrogens (tertiary/aromatic N) is 4. The number of amides is 3. The second kappa shape index (κ2) is 10.5. The molecule has 1 atom stereocenters. The number of rotatable bonds is 7. The van der Waals surface area contributed by atoms with Gasteiger partial charge in [0, 0.05) is 37.1 Å². The van der Waals surface area contributed by atoms with Gasteiger partial charge in [0.05, 0.1) is 12.1 Å². The van der Waals surface area contributed by atoms with Crippen LogP contribution in [0.5, 0.6) is 5.75 Å². The Morgan fingerprint density at radius 3 is 2.55 bits per heavy atom. The Balaban J connectivity index is 1.42. The summed E-state index contributed by atoms with van der Waals surface area (Å²) in [6, 6.07) is 11.5. The van der Waals surface area contributed by atoms with Gasteiger partial charge in [0.25, 0.3) is 11.8 Å². The molecule has 206 valence electrons. The molecule has 0 aliphatic carbocycles. The van der Waals surface area contributed by atoms with Gasteiger partial charge in [-0.2, -0.15) is 5.10 Å². The van der Waals surface area contributed by atoms with Crippen LogP contribution in [-0.2, 0) is 17.9 Å². The van der Waals surface area contributed by atoms with E-state index in [1.807, 2.05) is 13.8 Å². The summed E-state index contributed by atoms with van der Waals surface area (Å²) in [7, 11) is 0. The summed E-state index contributed by atoms with van der Waals surface area (Å²) < 4.78 is 2.71. The molecular formula is C27H27N7O6. The molecule has 13 nitrogen and oxygen atoms in total. The van der Waals surface area contributed by atoms with Crippen LogP contribution in [0.15, 0.2) is 64.3 Å². The van der Waals surface area contributed by atoms with Crippen molar-refractivity contribution in [3.63, 3.8) is 0 Å². The first-order valence-corrected chi connectivity index (χ1v) is 12.6. The molecule has 0 radical (unpaired) electrons. The molecule has 3 aromatic heterocycles. The number of pyridine rings is 2.